The second-order valence-corrected chi connectivity index (χ2v) is 12.9. The molecular formula is C30H37Cl2N5O2. The summed E-state index contributed by atoms with van der Waals surface area (Å²) in [5.74, 6) is 2.86. The Morgan fingerprint density at radius 3 is 2.54 bits per heavy atom. The lowest BCUT2D eigenvalue weighted by atomic mass is 9.65. The smallest absolute Gasteiger partial charge is 0.227 e. The van der Waals surface area contributed by atoms with Crippen molar-refractivity contribution in [1.29, 1.82) is 0 Å². The van der Waals surface area contributed by atoms with Crippen molar-refractivity contribution < 1.29 is 10.2 Å². The predicted molar refractivity (Wildman–Crippen MR) is 157 cm³/mol. The van der Waals surface area contributed by atoms with Crippen LogP contribution in [0.3, 0.4) is 0 Å². The van der Waals surface area contributed by atoms with Crippen molar-refractivity contribution in [2.75, 3.05) is 36.4 Å². The van der Waals surface area contributed by atoms with E-state index < -0.39 is 6.29 Å². The van der Waals surface area contributed by atoms with Gasteiger partial charge in [0.25, 0.3) is 0 Å². The molecule has 3 N–H and O–H groups in total. The fourth-order valence-electron chi connectivity index (χ4n) is 6.67. The van der Waals surface area contributed by atoms with Crippen LogP contribution in [0, 0.1) is 17.3 Å². The first-order chi connectivity index (χ1) is 18.7. The Kier molecular flexibility index (Phi) is 7.40. The third kappa shape index (κ3) is 5.32. The Labute approximate surface area is 240 Å². The first-order valence-electron chi connectivity index (χ1n) is 14.0. The molecule has 2 aromatic carbocycles. The summed E-state index contributed by atoms with van der Waals surface area (Å²) in [6.45, 7) is 8.21. The Morgan fingerprint density at radius 2 is 1.79 bits per heavy atom. The maximum absolute atomic E-state index is 9.69. The van der Waals surface area contributed by atoms with Crippen molar-refractivity contribution >= 4 is 45.9 Å². The fraction of sp³-hybridized carbons (Fsp3) is 0.533. The molecule has 1 saturated carbocycles. The second-order valence-electron chi connectivity index (χ2n) is 12.1. The Morgan fingerprint density at radius 1 is 1.03 bits per heavy atom. The van der Waals surface area contributed by atoms with Gasteiger partial charge in [-0.1, -0.05) is 48.3 Å². The summed E-state index contributed by atoms with van der Waals surface area (Å²) in [6.07, 6.45) is 2.99. The lowest BCUT2D eigenvalue weighted by Crippen LogP contribution is -2.59. The number of benzene rings is 2. The van der Waals surface area contributed by atoms with Gasteiger partial charge in [0, 0.05) is 46.5 Å². The minimum absolute atomic E-state index is 0.0569. The minimum Gasteiger partial charge on any atom is -0.368 e. The largest absolute Gasteiger partial charge is 0.368 e. The molecule has 6 rings (SSSR count). The summed E-state index contributed by atoms with van der Waals surface area (Å²) in [5.41, 5.74) is 1.54. The third-order valence-electron chi connectivity index (χ3n) is 9.27. The van der Waals surface area contributed by atoms with E-state index in [0.717, 1.165) is 67.3 Å². The normalized spacial score (nSPS) is 26.9. The molecule has 7 nitrogen and oxygen atoms in total. The summed E-state index contributed by atoms with van der Waals surface area (Å²) in [5, 5.41) is 25.2. The van der Waals surface area contributed by atoms with Gasteiger partial charge in [0.15, 0.2) is 6.29 Å². The number of rotatable bonds is 7. The van der Waals surface area contributed by atoms with Gasteiger partial charge < -0.3 is 25.3 Å². The van der Waals surface area contributed by atoms with E-state index in [1.807, 2.05) is 43.3 Å². The number of likely N-dealkylation sites (tertiary alicyclic amines) is 1. The Balaban J connectivity index is 1.13. The van der Waals surface area contributed by atoms with Crippen molar-refractivity contribution in [3.05, 3.63) is 58.1 Å². The van der Waals surface area contributed by atoms with E-state index in [2.05, 4.69) is 22.0 Å². The number of aliphatic hydroxyl groups excluding tert-OH is 1. The number of hydrogen-bond donors (Lipinski definition) is 3. The number of aromatic nitrogens is 2. The van der Waals surface area contributed by atoms with Crippen LogP contribution in [0.1, 0.15) is 51.1 Å². The molecule has 0 amide bonds. The van der Waals surface area contributed by atoms with Gasteiger partial charge in [-0.3, -0.25) is 0 Å². The Bertz CT molecular complexity index is 1340. The molecule has 3 aliphatic rings. The zero-order chi connectivity index (χ0) is 27.3. The molecule has 0 unspecified atom stereocenters. The van der Waals surface area contributed by atoms with Gasteiger partial charge >= 0.3 is 0 Å². The number of piperidine rings is 1. The molecule has 2 saturated heterocycles. The maximum Gasteiger partial charge on any atom is 0.227 e. The molecule has 1 aliphatic carbocycles. The van der Waals surface area contributed by atoms with Crippen molar-refractivity contribution in [3.63, 3.8) is 0 Å². The van der Waals surface area contributed by atoms with Crippen molar-refractivity contribution in [3.8, 4) is 0 Å². The van der Waals surface area contributed by atoms with Crippen molar-refractivity contribution in [2.24, 2.45) is 17.3 Å². The molecule has 9 heteroatoms. The van der Waals surface area contributed by atoms with Gasteiger partial charge in [-0.2, -0.15) is 4.98 Å². The maximum atomic E-state index is 9.69. The number of halogens is 2. The van der Waals surface area contributed by atoms with Crippen LogP contribution in [0.5, 0.6) is 0 Å². The molecule has 0 spiro atoms. The van der Waals surface area contributed by atoms with E-state index in [4.69, 9.17) is 33.2 Å². The quantitative estimate of drug-likeness (QED) is 0.313. The number of aliphatic hydroxyl groups is 2. The molecule has 208 valence electrons. The molecule has 39 heavy (non-hydrogen) atoms. The first-order valence-corrected chi connectivity index (χ1v) is 14.8. The number of hydrogen-bond acceptors (Lipinski definition) is 7. The van der Waals surface area contributed by atoms with Gasteiger partial charge in [0.1, 0.15) is 5.82 Å². The first kappa shape index (κ1) is 27.0. The van der Waals surface area contributed by atoms with Crippen LogP contribution in [0.2, 0.25) is 10.0 Å². The molecule has 1 aromatic heterocycles. The third-order valence-corrected chi connectivity index (χ3v) is 9.83. The van der Waals surface area contributed by atoms with E-state index in [-0.39, 0.29) is 11.5 Å². The van der Waals surface area contributed by atoms with Gasteiger partial charge in [0.2, 0.25) is 5.95 Å². The Hall–Kier alpha value is -2.16. The van der Waals surface area contributed by atoms with Crippen molar-refractivity contribution in [2.45, 2.75) is 57.9 Å². The van der Waals surface area contributed by atoms with Crippen molar-refractivity contribution in [1.82, 2.24) is 14.9 Å². The highest BCUT2D eigenvalue weighted by molar-refractivity contribution is 6.35. The summed E-state index contributed by atoms with van der Waals surface area (Å²) in [7, 11) is 0. The highest BCUT2D eigenvalue weighted by Crippen LogP contribution is 2.47. The number of fused-ring (bicyclic) bond motifs is 1. The van der Waals surface area contributed by atoms with E-state index in [9.17, 15) is 10.2 Å². The van der Waals surface area contributed by atoms with Crippen LogP contribution >= 0.6 is 23.2 Å². The zero-order valence-electron chi connectivity index (χ0n) is 22.5. The average Bonchev–Trinajstić information content (AvgIpc) is 2.86. The lowest BCUT2D eigenvalue weighted by Gasteiger charge is -2.54. The molecular weight excluding hydrogens is 533 g/mol. The predicted octanol–water partition coefficient (Wildman–Crippen LogP) is 5.74. The summed E-state index contributed by atoms with van der Waals surface area (Å²) >= 11 is 12.6. The second kappa shape index (κ2) is 10.7. The van der Waals surface area contributed by atoms with Gasteiger partial charge in [-0.25, -0.2) is 4.98 Å². The molecule has 2 atom stereocenters. The number of anilines is 2. The molecule has 0 radical (unpaired) electrons. The summed E-state index contributed by atoms with van der Waals surface area (Å²) in [4.78, 5) is 14.8. The summed E-state index contributed by atoms with van der Waals surface area (Å²) in [6, 6.07) is 14.1. The number of para-hydroxylation sites is 1. The van der Waals surface area contributed by atoms with Crippen LogP contribution in [-0.2, 0) is 0 Å². The molecule has 0 bridgehead atoms. The van der Waals surface area contributed by atoms with Crippen LogP contribution < -0.4 is 10.2 Å². The monoisotopic (exact) mass is 569 g/mol. The molecule has 3 aromatic rings. The highest BCUT2D eigenvalue weighted by atomic mass is 35.5. The molecule has 2 aliphatic heterocycles. The van der Waals surface area contributed by atoms with Crippen LogP contribution in [0.15, 0.2) is 42.5 Å². The zero-order valence-corrected chi connectivity index (χ0v) is 24.0. The molecule has 3 heterocycles. The topological polar surface area (TPSA) is 84.8 Å². The van der Waals surface area contributed by atoms with Gasteiger partial charge in [-0.15, -0.1) is 0 Å². The SMILES string of the molecule is C[C@@H](Nc1nc(N2CC([C@H]3CCCN(C4CC(C)(C(O)O)C4)C3)C2)nc2ccccc12)c1ccc(Cl)cc1Cl. The van der Waals surface area contributed by atoms with E-state index in [1.165, 1.54) is 12.8 Å². The van der Waals surface area contributed by atoms with Gasteiger partial charge in [-0.05, 0) is 80.8 Å². The summed E-state index contributed by atoms with van der Waals surface area (Å²) < 4.78 is 0. The van der Waals surface area contributed by atoms with Crippen LogP contribution in [-0.4, -0.2) is 63.6 Å². The standard InChI is InChI=1S/C30H37Cl2N5O2/c1-18(23-10-9-21(31)12-25(23)32)33-27-24-7-3-4-8-26(24)34-29(35-27)37-16-20(17-37)19-6-5-11-36(15-19)22-13-30(2,14-22)28(38)39/h3-4,7-10,12,18-20,22,28,38-39H,5-6,11,13-17H2,1-2H3,(H,33,34,35)/t18-,19+,22?,30?/m1/s1. The number of nitrogens with zero attached hydrogens (tertiary/aromatic N) is 4. The van der Waals surface area contributed by atoms with E-state index in [1.54, 1.807) is 6.07 Å². The highest BCUT2D eigenvalue weighted by Gasteiger charge is 2.48. The fourth-order valence-corrected chi connectivity index (χ4v) is 7.24. The molecule has 3 fully saturated rings. The van der Waals surface area contributed by atoms with Gasteiger partial charge in [0.05, 0.1) is 11.6 Å². The number of nitrogens with one attached hydrogen (secondary N) is 1. The van der Waals surface area contributed by atoms with Crippen LogP contribution in [0.25, 0.3) is 10.9 Å². The average molecular weight is 571 g/mol. The van der Waals surface area contributed by atoms with E-state index in [0.29, 0.717) is 27.9 Å². The minimum atomic E-state index is -1.22. The van der Waals surface area contributed by atoms with E-state index >= 15 is 0 Å². The lowest BCUT2D eigenvalue weighted by molar-refractivity contribution is -0.183. The van der Waals surface area contributed by atoms with Crippen LogP contribution in [0.4, 0.5) is 11.8 Å².